The van der Waals surface area contributed by atoms with E-state index in [0.29, 0.717) is 30.4 Å². The van der Waals surface area contributed by atoms with Crippen LogP contribution in [0.2, 0.25) is 5.02 Å². The van der Waals surface area contributed by atoms with Gasteiger partial charge < -0.3 is 19.2 Å². The largest absolute Gasteiger partial charge is 0.481 e. The van der Waals surface area contributed by atoms with Gasteiger partial charge in [-0.2, -0.15) is 4.98 Å². The van der Waals surface area contributed by atoms with E-state index in [1.807, 2.05) is 5.38 Å². The highest BCUT2D eigenvalue weighted by atomic mass is 35.5. The molecule has 4 heterocycles. The summed E-state index contributed by atoms with van der Waals surface area (Å²) >= 11 is 7.59. The standard InChI is InChI=1S/C24H22ClF2N5O4S/c1-34-19-4-7-28-24(30-19)35-11-20(33)32-8-5-13(6-9-32)23-29-17(12-37-23)16-10-18(36-31-16)21-14(25)2-3-15(26)22(21)27/h2-4,7,12-13,18H,5-6,8-11H2,1H3. The van der Waals surface area contributed by atoms with Gasteiger partial charge in [0, 0.05) is 43.1 Å². The molecule has 1 aromatic carbocycles. The fraction of sp³-hybridized carbons (Fsp3) is 0.375. The van der Waals surface area contributed by atoms with Crippen LogP contribution in [0, 0.1) is 11.6 Å². The molecular formula is C24H22ClF2N5O4S. The van der Waals surface area contributed by atoms with Crippen LogP contribution in [-0.4, -0.2) is 58.3 Å². The third-order valence-corrected chi connectivity index (χ3v) is 7.56. The van der Waals surface area contributed by atoms with Crippen molar-refractivity contribution in [2.75, 3.05) is 26.8 Å². The maximum absolute atomic E-state index is 14.3. The van der Waals surface area contributed by atoms with Crippen LogP contribution in [0.4, 0.5) is 8.78 Å². The van der Waals surface area contributed by atoms with Crippen LogP contribution < -0.4 is 9.47 Å². The number of rotatable bonds is 7. The number of hydrogen-bond donors (Lipinski definition) is 0. The Morgan fingerprint density at radius 3 is 2.84 bits per heavy atom. The average molecular weight is 550 g/mol. The van der Waals surface area contributed by atoms with Gasteiger partial charge in [0.25, 0.3) is 5.91 Å². The second-order valence-corrected chi connectivity index (χ2v) is 9.79. The highest BCUT2D eigenvalue weighted by Crippen LogP contribution is 2.37. The van der Waals surface area contributed by atoms with Crippen molar-refractivity contribution in [3.63, 3.8) is 0 Å². The van der Waals surface area contributed by atoms with E-state index in [1.54, 1.807) is 11.0 Å². The lowest BCUT2D eigenvalue weighted by molar-refractivity contribution is -0.134. The van der Waals surface area contributed by atoms with E-state index < -0.39 is 17.7 Å². The zero-order valence-electron chi connectivity index (χ0n) is 19.7. The van der Waals surface area contributed by atoms with E-state index in [1.165, 1.54) is 30.7 Å². The molecule has 0 saturated carbocycles. The number of piperidine rings is 1. The van der Waals surface area contributed by atoms with Crippen LogP contribution in [0.5, 0.6) is 11.9 Å². The van der Waals surface area contributed by atoms with Crippen molar-refractivity contribution in [1.29, 1.82) is 0 Å². The predicted molar refractivity (Wildman–Crippen MR) is 131 cm³/mol. The fourth-order valence-corrected chi connectivity index (χ4v) is 5.50. The number of halogens is 3. The van der Waals surface area contributed by atoms with Crippen molar-refractivity contribution in [3.8, 4) is 11.9 Å². The zero-order valence-corrected chi connectivity index (χ0v) is 21.3. The van der Waals surface area contributed by atoms with Gasteiger partial charge in [0.1, 0.15) is 5.71 Å². The van der Waals surface area contributed by atoms with Gasteiger partial charge >= 0.3 is 6.01 Å². The van der Waals surface area contributed by atoms with E-state index in [0.717, 1.165) is 23.9 Å². The van der Waals surface area contributed by atoms with Crippen molar-refractivity contribution in [2.24, 2.45) is 5.16 Å². The molecular weight excluding hydrogens is 528 g/mol. The Morgan fingerprint density at radius 1 is 1.24 bits per heavy atom. The number of benzene rings is 1. The molecule has 0 bridgehead atoms. The first-order chi connectivity index (χ1) is 17.9. The van der Waals surface area contributed by atoms with Gasteiger partial charge in [0.2, 0.25) is 5.88 Å². The molecule has 2 aliphatic rings. The summed E-state index contributed by atoms with van der Waals surface area (Å²) in [5.74, 6) is -1.61. The van der Waals surface area contributed by atoms with E-state index in [4.69, 9.17) is 30.9 Å². The second kappa shape index (κ2) is 10.9. The number of carbonyl (C=O) groups excluding carboxylic acids is 1. The third kappa shape index (κ3) is 5.49. The molecule has 1 amide bonds. The van der Waals surface area contributed by atoms with Crippen molar-refractivity contribution < 1.29 is 27.9 Å². The van der Waals surface area contributed by atoms with Crippen LogP contribution in [0.1, 0.15) is 47.5 Å². The molecule has 1 fully saturated rings. The lowest BCUT2D eigenvalue weighted by Gasteiger charge is -2.31. The maximum atomic E-state index is 14.3. The smallest absolute Gasteiger partial charge is 0.320 e. The van der Waals surface area contributed by atoms with Gasteiger partial charge in [0.15, 0.2) is 24.3 Å². The molecule has 13 heteroatoms. The zero-order chi connectivity index (χ0) is 25.9. The lowest BCUT2D eigenvalue weighted by Crippen LogP contribution is -2.40. The van der Waals surface area contributed by atoms with Crippen LogP contribution in [0.3, 0.4) is 0 Å². The van der Waals surface area contributed by atoms with Gasteiger partial charge in [0.05, 0.1) is 28.4 Å². The molecule has 9 nitrogen and oxygen atoms in total. The van der Waals surface area contributed by atoms with Gasteiger partial charge in [-0.15, -0.1) is 11.3 Å². The molecule has 194 valence electrons. The Balaban J connectivity index is 1.14. The molecule has 1 unspecified atom stereocenters. The average Bonchev–Trinajstić information content (AvgIpc) is 3.60. The Hall–Kier alpha value is -3.38. The van der Waals surface area contributed by atoms with Gasteiger partial charge in [-0.3, -0.25) is 4.79 Å². The molecule has 37 heavy (non-hydrogen) atoms. The summed E-state index contributed by atoms with van der Waals surface area (Å²) in [6, 6.07) is 3.95. The Bertz CT molecular complexity index is 1330. The molecule has 2 aliphatic heterocycles. The molecule has 1 saturated heterocycles. The Labute approximate surface area is 220 Å². The summed E-state index contributed by atoms with van der Waals surface area (Å²) in [5.41, 5.74) is 1.15. The molecule has 3 aromatic rings. The number of likely N-dealkylation sites (tertiary alicyclic amines) is 1. The SMILES string of the molecule is COc1ccnc(OCC(=O)N2CCC(c3nc(C4=NOC(c5c(Cl)ccc(F)c5F)C4)cs3)CC2)n1. The minimum atomic E-state index is -1.03. The first-order valence-corrected chi connectivity index (χ1v) is 12.8. The molecule has 0 spiro atoms. The molecule has 0 radical (unpaired) electrons. The second-order valence-electron chi connectivity index (χ2n) is 8.49. The number of hydrogen-bond acceptors (Lipinski definition) is 9. The van der Waals surface area contributed by atoms with Crippen molar-refractivity contribution in [1.82, 2.24) is 19.9 Å². The number of nitrogens with zero attached hydrogens (tertiary/aromatic N) is 5. The molecule has 0 aliphatic carbocycles. The summed E-state index contributed by atoms with van der Waals surface area (Å²) in [6.45, 7) is 0.991. The van der Waals surface area contributed by atoms with E-state index in [9.17, 15) is 13.6 Å². The number of oxime groups is 1. The summed E-state index contributed by atoms with van der Waals surface area (Å²) in [5, 5.41) is 6.95. The highest BCUT2D eigenvalue weighted by molar-refractivity contribution is 7.10. The summed E-state index contributed by atoms with van der Waals surface area (Å²) in [6.07, 6.45) is 2.42. The van der Waals surface area contributed by atoms with Crippen LogP contribution in [0.25, 0.3) is 0 Å². The van der Waals surface area contributed by atoms with Crippen LogP contribution in [0.15, 0.2) is 34.9 Å². The van der Waals surface area contributed by atoms with Crippen LogP contribution in [-0.2, 0) is 9.63 Å². The van der Waals surface area contributed by atoms with Crippen molar-refractivity contribution in [3.05, 3.63) is 62.7 Å². The van der Waals surface area contributed by atoms with Crippen molar-refractivity contribution in [2.45, 2.75) is 31.3 Å². The third-order valence-electron chi connectivity index (χ3n) is 6.23. The molecule has 1 atom stereocenters. The monoisotopic (exact) mass is 549 g/mol. The quantitative estimate of drug-likeness (QED) is 0.399. The highest BCUT2D eigenvalue weighted by Gasteiger charge is 2.32. The molecule has 0 N–H and O–H groups in total. The molecule has 2 aromatic heterocycles. The minimum Gasteiger partial charge on any atom is -0.481 e. The normalized spacial score (nSPS) is 17.9. The number of ether oxygens (including phenoxy) is 2. The fourth-order valence-electron chi connectivity index (χ4n) is 4.23. The minimum absolute atomic E-state index is 0.0464. The number of carbonyl (C=O) groups is 1. The van der Waals surface area contributed by atoms with Crippen molar-refractivity contribution >= 4 is 34.6 Å². The topological polar surface area (TPSA) is 99.0 Å². The van der Waals surface area contributed by atoms with E-state index in [2.05, 4.69) is 15.1 Å². The van der Waals surface area contributed by atoms with Crippen LogP contribution >= 0.6 is 22.9 Å². The number of methoxy groups -OCH3 is 1. The number of aromatic nitrogens is 3. The predicted octanol–water partition coefficient (Wildman–Crippen LogP) is 4.52. The lowest BCUT2D eigenvalue weighted by atomic mass is 9.97. The number of amides is 1. The van der Waals surface area contributed by atoms with E-state index in [-0.39, 0.29) is 41.4 Å². The van der Waals surface area contributed by atoms with Gasteiger partial charge in [-0.1, -0.05) is 16.8 Å². The van der Waals surface area contributed by atoms with Gasteiger partial charge in [-0.25, -0.2) is 18.7 Å². The first-order valence-electron chi connectivity index (χ1n) is 11.5. The van der Waals surface area contributed by atoms with Gasteiger partial charge in [-0.05, 0) is 25.0 Å². The van der Waals surface area contributed by atoms with E-state index >= 15 is 0 Å². The Kier molecular flexibility index (Phi) is 7.47. The first kappa shape index (κ1) is 25.3. The summed E-state index contributed by atoms with van der Waals surface area (Å²) in [7, 11) is 1.49. The number of thiazole rings is 1. The summed E-state index contributed by atoms with van der Waals surface area (Å²) < 4.78 is 38.4. The maximum Gasteiger partial charge on any atom is 0.320 e. The summed E-state index contributed by atoms with van der Waals surface area (Å²) in [4.78, 5) is 32.4. The Morgan fingerprint density at radius 2 is 2.05 bits per heavy atom. The molecule has 5 rings (SSSR count).